The number of hydrogen-bond donors (Lipinski definition) is 2. The highest BCUT2D eigenvalue weighted by molar-refractivity contribution is 6.03. The number of hydrogen-bond acceptors (Lipinski definition) is 4. The lowest BCUT2D eigenvalue weighted by molar-refractivity contribution is 0.100. The molecule has 0 spiro atoms. The number of benzene rings is 2. The van der Waals surface area contributed by atoms with Gasteiger partial charge in [-0.1, -0.05) is 12.1 Å². The Hall–Kier alpha value is -3.48. The monoisotopic (exact) mass is 365 g/mol. The molecule has 0 saturated heterocycles. The third-order valence-electron chi connectivity index (χ3n) is 4.32. The van der Waals surface area contributed by atoms with Gasteiger partial charge in [-0.3, -0.25) is 4.79 Å². The van der Waals surface area contributed by atoms with Gasteiger partial charge >= 0.3 is 0 Å². The zero-order valence-corrected chi connectivity index (χ0v) is 14.8. The van der Waals surface area contributed by atoms with Crippen molar-refractivity contribution in [2.24, 2.45) is 16.5 Å². The van der Waals surface area contributed by atoms with Crippen LogP contribution in [0.5, 0.6) is 17.2 Å². The Bertz CT molecular complexity index is 977. The predicted octanol–water partition coefficient (Wildman–Crippen LogP) is 2.08. The number of amides is 1. The van der Waals surface area contributed by atoms with Crippen molar-refractivity contribution in [3.8, 4) is 17.2 Å². The molecule has 0 saturated carbocycles. The van der Waals surface area contributed by atoms with Crippen molar-refractivity contribution < 1.29 is 19.0 Å². The van der Waals surface area contributed by atoms with E-state index in [-0.39, 0.29) is 12.1 Å². The second kappa shape index (κ2) is 6.68. The minimum atomic E-state index is -0.509. The third-order valence-corrected chi connectivity index (χ3v) is 4.32. The first-order chi connectivity index (χ1) is 13.0. The summed E-state index contributed by atoms with van der Waals surface area (Å²) < 4.78 is 17.5. The summed E-state index contributed by atoms with van der Waals surface area (Å²) in [6.07, 6.45) is 1.86. The second-order valence-corrected chi connectivity index (χ2v) is 6.29. The maximum absolute atomic E-state index is 12.2. The number of ether oxygens (including phenoxy) is 3. The molecule has 2 heterocycles. The van der Waals surface area contributed by atoms with E-state index in [4.69, 9.17) is 25.7 Å². The number of para-hydroxylation sites is 1. The molecule has 4 N–H and O–H groups in total. The van der Waals surface area contributed by atoms with Gasteiger partial charge in [0, 0.05) is 16.7 Å². The molecule has 0 aliphatic carbocycles. The summed E-state index contributed by atoms with van der Waals surface area (Å²) in [6.45, 7) is 2.95. The van der Waals surface area contributed by atoms with E-state index in [1.165, 1.54) is 0 Å². The van der Waals surface area contributed by atoms with Crippen LogP contribution >= 0.6 is 0 Å². The molecule has 0 fully saturated rings. The van der Waals surface area contributed by atoms with Gasteiger partial charge in [0.15, 0.2) is 17.5 Å². The van der Waals surface area contributed by atoms with Crippen LogP contribution in [-0.4, -0.2) is 31.2 Å². The van der Waals surface area contributed by atoms with Crippen LogP contribution in [-0.2, 0) is 0 Å². The van der Waals surface area contributed by atoms with Crippen LogP contribution in [0.3, 0.4) is 0 Å². The fourth-order valence-electron chi connectivity index (χ4n) is 3.24. The summed E-state index contributed by atoms with van der Waals surface area (Å²) >= 11 is 0. The van der Waals surface area contributed by atoms with E-state index in [0.717, 1.165) is 16.7 Å². The number of rotatable bonds is 2. The van der Waals surface area contributed by atoms with Crippen molar-refractivity contribution in [2.45, 2.75) is 13.0 Å². The molecule has 2 aliphatic heterocycles. The maximum atomic E-state index is 12.2. The Morgan fingerprint density at radius 1 is 1.07 bits per heavy atom. The average Bonchev–Trinajstić information content (AvgIpc) is 2.66. The molecule has 0 aromatic heterocycles. The van der Waals surface area contributed by atoms with Crippen molar-refractivity contribution >= 4 is 17.4 Å². The maximum Gasteiger partial charge on any atom is 0.280 e. The Labute approximate surface area is 156 Å². The topological polar surface area (TPSA) is 109 Å². The second-order valence-electron chi connectivity index (χ2n) is 6.29. The number of nitrogens with two attached hydrogens (primary N) is 2. The van der Waals surface area contributed by atoms with Gasteiger partial charge in [0.1, 0.15) is 25.1 Å². The van der Waals surface area contributed by atoms with Gasteiger partial charge in [-0.25, -0.2) is 0 Å². The van der Waals surface area contributed by atoms with Gasteiger partial charge < -0.3 is 25.7 Å². The van der Waals surface area contributed by atoms with E-state index < -0.39 is 5.91 Å². The average molecular weight is 365 g/mol. The molecule has 2 aliphatic rings. The number of guanidine groups is 1. The lowest BCUT2D eigenvalue weighted by Crippen LogP contribution is -2.24. The summed E-state index contributed by atoms with van der Waals surface area (Å²) in [6, 6.07) is 10.9. The minimum Gasteiger partial charge on any atom is -0.486 e. The number of carbonyl (C=O) groups is 1. The Morgan fingerprint density at radius 2 is 1.89 bits per heavy atom. The summed E-state index contributed by atoms with van der Waals surface area (Å²) in [5.41, 5.74) is 13.6. The fourth-order valence-corrected chi connectivity index (χ4v) is 3.24. The SMILES string of the molecule is CC1C=C(c2cccc3c2OCCO3)c2cc(C(=O)N=C(N)N)ccc2O1. The first kappa shape index (κ1) is 17.0. The van der Waals surface area contributed by atoms with E-state index in [2.05, 4.69) is 4.99 Å². The van der Waals surface area contributed by atoms with Crippen molar-refractivity contribution in [3.63, 3.8) is 0 Å². The molecule has 7 heteroatoms. The highest BCUT2D eigenvalue weighted by Crippen LogP contribution is 2.44. The smallest absolute Gasteiger partial charge is 0.280 e. The fraction of sp³-hybridized carbons (Fsp3) is 0.200. The third kappa shape index (κ3) is 3.19. The number of nitrogens with zero attached hydrogens (tertiary/aromatic N) is 1. The molecule has 1 amide bonds. The molecule has 2 aromatic carbocycles. The Kier molecular flexibility index (Phi) is 4.19. The molecule has 0 bridgehead atoms. The molecule has 1 atom stereocenters. The van der Waals surface area contributed by atoms with E-state index in [9.17, 15) is 4.79 Å². The van der Waals surface area contributed by atoms with Gasteiger partial charge in [-0.05, 0) is 42.8 Å². The molecule has 0 radical (unpaired) electrons. The highest BCUT2D eigenvalue weighted by atomic mass is 16.6. The Balaban J connectivity index is 1.84. The summed E-state index contributed by atoms with van der Waals surface area (Å²) in [5.74, 6) is 1.28. The van der Waals surface area contributed by atoms with Crippen molar-refractivity contribution in [1.82, 2.24) is 0 Å². The van der Waals surface area contributed by atoms with Gasteiger partial charge in [0.05, 0.1) is 0 Å². The zero-order chi connectivity index (χ0) is 19.0. The lowest BCUT2D eigenvalue weighted by atomic mass is 9.91. The molecule has 1 unspecified atom stereocenters. The standard InChI is InChI=1S/C20H19N3O4/c1-11-9-14(13-3-2-4-17-18(13)26-8-7-25-17)15-10-12(5-6-16(15)27-11)19(24)23-20(21)22/h2-6,9-11H,7-8H2,1H3,(H4,21,22,23,24). The van der Waals surface area contributed by atoms with Crippen LogP contribution in [0.15, 0.2) is 47.5 Å². The zero-order valence-electron chi connectivity index (χ0n) is 14.8. The van der Waals surface area contributed by atoms with Crippen molar-refractivity contribution in [1.29, 1.82) is 0 Å². The number of aliphatic imine (C=N–C) groups is 1. The van der Waals surface area contributed by atoms with Crippen LogP contribution in [0, 0.1) is 0 Å². The molecule has 138 valence electrons. The summed E-state index contributed by atoms with van der Waals surface area (Å²) in [5, 5.41) is 0. The molecule has 27 heavy (non-hydrogen) atoms. The highest BCUT2D eigenvalue weighted by Gasteiger charge is 2.25. The quantitative estimate of drug-likeness (QED) is 0.623. The van der Waals surface area contributed by atoms with E-state index in [1.54, 1.807) is 18.2 Å². The predicted molar refractivity (Wildman–Crippen MR) is 101 cm³/mol. The molecule has 4 rings (SSSR count). The van der Waals surface area contributed by atoms with Crippen LogP contribution < -0.4 is 25.7 Å². The van der Waals surface area contributed by atoms with Gasteiger partial charge in [-0.2, -0.15) is 4.99 Å². The van der Waals surface area contributed by atoms with Crippen molar-refractivity contribution in [2.75, 3.05) is 13.2 Å². The van der Waals surface area contributed by atoms with E-state index in [0.29, 0.717) is 36.0 Å². The molecular formula is C20H19N3O4. The van der Waals surface area contributed by atoms with Crippen molar-refractivity contribution in [3.05, 3.63) is 59.2 Å². The Morgan fingerprint density at radius 3 is 2.70 bits per heavy atom. The summed E-state index contributed by atoms with van der Waals surface area (Å²) in [7, 11) is 0. The van der Waals surface area contributed by atoms with Crippen LogP contribution in [0.25, 0.3) is 5.57 Å². The molecule has 7 nitrogen and oxygen atoms in total. The molecular weight excluding hydrogens is 346 g/mol. The number of carbonyl (C=O) groups excluding carboxylic acids is 1. The normalized spacial score (nSPS) is 17.2. The summed E-state index contributed by atoms with van der Waals surface area (Å²) in [4.78, 5) is 15.8. The molecule has 2 aromatic rings. The van der Waals surface area contributed by atoms with E-state index >= 15 is 0 Å². The van der Waals surface area contributed by atoms with Gasteiger partial charge in [-0.15, -0.1) is 0 Å². The van der Waals surface area contributed by atoms with E-state index in [1.807, 2.05) is 31.2 Å². The number of fused-ring (bicyclic) bond motifs is 2. The van der Waals surface area contributed by atoms with Gasteiger partial charge in [0.25, 0.3) is 5.91 Å². The minimum absolute atomic E-state index is 0.132. The first-order valence-corrected chi connectivity index (χ1v) is 8.59. The first-order valence-electron chi connectivity index (χ1n) is 8.59. The van der Waals surface area contributed by atoms with Crippen LogP contribution in [0.2, 0.25) is 0 Å². The lowest BCUT2D eigenvalue weighted by Gasteiger charge is -2.27. The van der Waals surface area contributed by atoms with Crippen LogP contribution in [0.1, 0.15) is 28.4 Å². The van der Waals surface area contributed by atoms with Gasteiger partial charge in [0.2, 0.25) is 0 Å². The largest absolute Gasteiger partial charge is 0.486 e. The van der Waals surface area contributed by atoms with Crippen LogP contribution in [0.4, 0.5) is 0 Å².